The number of rotatable bonds is 2. The van der Waals surface area contributed by atoms with E-state index in [9.17, 15) is 4.79 Å². The number of carboxylic acid groups (broad SMARTS) is 1. The molecular weight excluding hydrogens is 122 g/mol. The van der Waals surface area contributed by atoms with E-state index in [1.54, 1.807) is 0 Å². The first-order valence-corrected chi connectivity index (χ1v) is 2.82. The molecule has 0 bridgehead atoms. The summed E-state index contributed by atoms with van der Waals surface area (Å²) < 4.78 is 6.50. The Balaban J connectivity index is 2.35. The van der Waals surface area contributed by atoms with E-state index in [1.165, 1.54) is 0 Å². The fourth-order valence-electron chi connectivity index (χ4n) is 0.891. The van der Waals surface area contributed by atoms with Crippen LogP contribution < -0.4 is 5.32 Å². The molecule has 0 aromatic rings. The summed E-state index contributed by atoms with van der Waals surface area (Å²) in [7, 11) is 0. The molecule has 0 amide bonds. The molecule has 52 valence electrons. The molecule has 1 rings (SSSR count). The van der Waals surface area contributed by atoms with Crippen LogP contribution in [0.1, 0.15) is 6.42 Å². The second kappa shape index (κ2) is 2.33. The standard InChI is InChI=1S/C5H9NO3/c7-3-1-4(5(8)9)6-2-3/h3-4,6-7H,1-2H2,(H,8,9)/t3-,4+/m1/s1/i7D. The van der Waals surface area contributed by atoms with Crippen molar-refractivity contribution in [3.63, 3.8) is 0 Å². The molecule has 9 heavy (non-hydrogen) atoms. The maximum atomic E-state index is 10.3. The van der Waals surface area contributed by atoms with E-state index < -0.39 is 12.0 Å². The van der Waals surface area contributed by atoms with Crippen molar-refractivity contribution < 1.29 is 15.0 Å². The topological polar surface area (TPSA) is 69.6 Å². The smallest absolute Gasteiger partial charge is 0.320 e. The zero-order valence-corrected chi connectivity index (χ0v) is 4.83. The molecule has 0 aliphatic carbocycles. The molecule has 1 heterocycles. The lowest BCUT2D eigenvalue weighted by molar-refractivity contribution is -0.139. The fourth-order valence-corrected chi connectivity index (χ4v) is 0.891. The van der Waals surface area contributed by atoms with Crippen molar-refractivity contribution in [3.05, 3.63) is 0 Å². The van der Waals surface area contributed by atoms with Gasteiger partial charge in [-0.2, -0.15) is 0 Å². The molecule has 0 saturated carbocycles. The quantitative estimate of drug-likeness (QED) is 0.441. The Morgan fingerprint density at radius 3 is 3.00 bits per heavy atom. The van der Waals surface area contributed by atoms with Gasteiger partial charge in [-0.25, -0.2) is 0 Å². The summed E-state index contributed by atoms with van der Waals surface area (Å²) in [6.07, 6.45) is 0.125. The molecule has 0 aromatic heterocycles. The van der Waals surface area contributed by atoms with E-state index in [-0.39, 0.29) is 6.10 Å². The first-order chi connectivity index (χ1) is 4.74. The van der Waals surface area contributed by atoms with Crippen LogP contribution >= 0.6 is 0 Å². The number of aliphatic carboxylic acids is 1. The lowest BCUT2D eigenvalue weighted by atomic mass is 10.2. The normalized spacial score (nSPS) is 36.2. The summed E-state index contributed by atoms with van der Waals surface area (Å²) in [4.78, 5) is 10.3. The van der Waals surface area contributed by atoms with Crippen LogP contribution in [-0.2, 0) is 4.79 Å². The summed E-state index contributed by atoms with van der Waals surface area (Å²) in [5.41, 5.74) is 0. The summed E-state index contributed by atoms with van der Waals surface area (Å²) in [5.74, 6) is -0.875. The minimum Gasteiger partial charge on any atom is -0.480 e. The van der Waals surface area contributed by atoms with Gasteiger partial charge in [-0.15, -0.1) is 0 Å². The highest BCUT2D eigenvalue weighted by Crippen LogP contribution is 2.05. The van der Waals surface area contributed by atoms with Crippen molar-refractivity contribution in [1.29, 1.82) is 1.43 Å². The van der Waals surface area contributed by atoms with E-state index >= 15 is 0 Å². The van der Waals surface area contributed by atoms with Crippen molar-refractivity contribution >= 4 is 5.97 Å². The first-order valence-electron chi connectivity index (χ1n) is 3.23. The summed E-state index contributed by atoms with van der Waals surface area (Å²) in [5, 5.41) is 15.4. The van der Waals surface area contributed by atoms with Gasteiger partial charge in [0.2, 0.25) is 1.43 Å². The predicted molar refractivity (Wildman–Crippen MR) is 30.1 cm³/mol. The number of carbonyl (C=O) groups is 1. The lowest BCUT2D eigenvalue weighted by Gasteiger charge is -1.99. The van der Waals surface area contributed by atoms with Gasteiger partial charge >= 0.3 is 5.97 Å². The van der Waals surface area contributed by atoms with Crippen LogP contribution in [0.2, 0.25) is 0 Å². The van der Waals surface area contributed by atoms with Crippen LogP contribution in [-0.4, -0.2) is 36.3 Å². The van der Waals surface area contributed by atoms with Crippen LogP contribution in [0.3, 0.4) is 0 Å². The van der Waals surface area contributed by atoms with E-state index in [1.807, 2.05) is 0 Å². The average molecular weight is 132 g/mol. The van der Waals surface area contributed by atoms with Gasteiger partial charge in [0.1, 0.15) is 6.04 Å². The number of carboxylic acids is 1. The zero-order valence-electron chi connectivity index (χ0n) is 5.83. The summed E-state index contributed by atoms with van der Waals surface area (Å²) in [6, 6.07) is -0.532. The third-order valence-corrected chi connectivity index (χ3v) is 1.39. The highest BCUT2D eigenvalue weighted by atomic mass is 16.4. The Hall–Kier alpha value is -0.610. The Labute approximate surface area is 54.0 Å². The number of nitrogens with one attached hydrogen (secondary N) is 1. The number of aliphatic hydroxyl groups is 1. The van der Waals surface area contributed by atoms with Crippen molar-refractivity contribution in [2.24, 2.45) is 0 Å². The van der Waals surface area contributed by atoms with Crippen molar-refractivity contribution in [3.8, 4) is 0 Å². The van der Waals surface area contributed by atoms with Crippen LogP contribution in [0.15, 0.2) is 0 Å². The lowest BCUT2D eigenvalue weighted by Crippen LogP contribution is -2.29. The molecule has 1 fully saturated rings. The molecular formula is C5H9NO3. The second-order valence-electron chi connectivity index (χ2n) is 2.16. The van der Waals surface area contributed by atoms with Crippen LogP contribution in [0.5, 0.6) is 0 Å². The third kappa shape index (κ3) is 1.40. The number of hydrogen-bond acceptors (Lipinski definition) is 3. The molecule has 1 aliphatic heterocycles. The summed E-state index contributed by atoms with van der Waals surface area (Å²) >= 11 is 0. The van der Waals surface area contributed by atoms with E-state index in [2.05, 4.69) is 10.4 Å². The number of hydrogen-bond donors (Lipinski definition) is 3. The highest BCUT2D eigenvalue weighted by molar-refractivity contribution is 5.73. The van der Waals surface area contributed by atoms with E-state index in [4.69, 9.17) is 6.54 Å². The molecule has 2 atom stereocenters. The SMILES string of the molecule is [2H]O[C@H]1CN[C@H](C(=O)O)C1. The second-order valence-corrected chi connectivity index (χ2v) is 2.16. The van der Waals surface area contributed by atoms with Crippen LogP contribution in [0.25, 0.3) is 0 Å². The van der Waals surface area contributed by atoms with Crippen LogP contribution in [0.4, 0.5) is 0 Å². The fraction of sp³-hybridized carbons (Fsp3) is 0.800. The largest absolute Gasteiger partial charge is 0.480 e. The van der Waals surface area contributed by atoms with Gasteiger partial charge in [0.05, 0.1) is 6.10 Å². The van der Waals surface area contributed by atoms with Gasteiger partial charge in [0, 0.05) is 13.0 Å². The van der Waals surface area contributed by atoms with Gasteiger partial charge in [-0.1, -0.05) is 0 Å². The third-order valence-electron chi connectivity index (χ3n) is 1.39. The highest BCUT2D eigenvalue weighted by Gasteiger charge is 2.27. The molecule has 0 unspecified atom stereocenters. The molecule has 0 spiro atoms. The van der Waals surface area contributed by atoms with Crippen molar-refractivity contribution in [1.82, 2.24) is 5.32 Å². The maximum Gasteiger partial charge on any atom is 0.320 e. The molecule has 3 N–H and O–H groups in total. The summed E-state index contributed by atoms with van der Waals surface area (Å²) in [6.45, 7) is 0.459. The van der Waals surface area contributed by atoms with Crippen molar-refractivity contribution in [2.75, 3.05) is 6.54 Å². The van der Waals surface area contributed by atoms with Crippen LogP contribution in [0, 0.1) is 0 Å². The minimum absolute atomic E-state index is 0.263. The Bertz CT molecular complexity index is 141. The minimum atomic E-state index is -0.875. The van der Waals surface area contributed by atoms with Gasteiger partial charge in [0.15, 0.2) is 0 Å². The first kappa shape index (κ1) is 5.20. The van der Waals surface area contributed by atoms with Gasteiger partial charge in [0.25, 0.3) is 0 Å². The number of aliphatic hydroxyl groups excluding tert-OH is 1. The Morgan fingerprint density at radius 1 is 1.89 bits per heavy atom. The zero-order chi connectivity index (χ0) is 7.56. The van der Waals surface area contributed by atoms with Gasteiger partial charge < -0.3 is 15.5 Å². The Kier molecular flexibility index (Phi) is 1.34. The van der Waals surface area contributed by atoms with Gasteiger partial charge in [-0.05, 0) is 0 Å². The molecule has 4 nitrogen and oxygen atoms in total. The predicted octanol–water partition coefficient (Wildman–Crippen LogP) is -1.21. The van der Waals surface area contributed by atoms with E-state index in [0.29, 0.717) is 13.0 Å². The Morgan fingerprint density at radius 2 is 2.67 bits per heavy atom. The van der Waals surface area contributed by atoms with E-state index in [0.717, 1.165) is 0 Å². The van der Waals surface area contributed by atoms with Crippen molar-refractivity contribution in [2.45, 2.75) is 18.6 Å². The average Bonchev–Trinajstić information content (AvgIpc) is 2.34. The molecule has 4 heteroatoms. The number of β-amino-alcohol motifs (C(OH)–C–C–N with tert-alkyl or cyclic N) is 1. The maximum absolute atomic E-state index is 10.3. The molecule has 1 saturated heterocycles. The molecule has 0 radical (unpaired) electrons. The van der Waals surface area contributed by atoms with Gasteiger partial charge in [-0.3, -0.25) is 4.79 Å². The molecule has 0 aromatic carbocycles. The monoisotopic (exact) mass is 132 g/mol. The molecule has 1 aliphatic rings.